The van der Waals surface area contributed by atoms with E-state index in [9.17, 15) is 5.11 Å². The van der Waals surface area contributed by atoms with Gasteiger partial charge in [0.1, 0.15) is 29.6 Å². The molecular weight excluding hydrogens is 693 g/mol. The van der Waals surface area contributed by atoms with Crippen LogP contribution < -0.4 is 18.9 Å². The van der Waals surface area contributed by atoms with E-state index in [0.29, 0.717) is 5.75 Å². The van der Waals surface area contributed by atoms with Gasteiger partial charge in [0.2, 0.25) is 0 Å². The Morgan fingerprint density at radius 1 is 0.714 bits per heavy atom. The van der Waals surface area contributed by atoms with Gasteiger partial charge in [0, 0.05) is 33.1 Å². The molecule has 1 N–H and O–H groups in total. The summed E-state index contributed by atoms with van der Waals surface area (Å²) in [6, 6.07) is 30.1. The zero-order valence-corrected chi connectivity index (χ0v) is 33.5. The van der Waals surface area contributed by atoms with Crippen molar-refractivity contribution in [3.63, 3.8) is 0 Å². The van der Waals surface area contributed by atoms with E-state index in [-0.39, 0.29) is 29.5 Å². The standard InChI is InChI=1S/C51H52O5/c1-48(2)30-49(3,4)32-50(31-48)43-15-11-10-14-38(43)45-41-28-40(33-12-8-7-9-13-33)44(54-6)29-42(41)47-39(46(45)50)24-25-51(56-47,34-16-20-36(53-5)21-17-34)35-18-22-37(23-19-35)55-27-26-52/h8,10-25,28-29,52H,7,9,26-27,30-32H2,1-6H3. The van der Waals surface area contributed by atoms with Crippen molar-refractivity contribution in [1.29, 1.82) is 0 Å². The van der Waals surface area contributed by atoms with Gasteiger partial charge in [-0.05, 0) is 119 Å². The fourth-order valence-electron chi connectivity index (χ4n) is 11.2. The molecule has 5 aromatic rings. The van der Waals surface area contributed by atoms with E-state index in [1.165, 1.54) is 39.6 Å². The topological polar surface area (TPSA) is 57.2 Å². The summed E-state index contributed by atoms with van der Waals surface area (Å²) in [5.41, 5.74) is 9.92. The highest BCUT2D eigenvalue weighted by Crippen LogP contribution is 2.67. The van der Waals surface area contributed by atoms with Gasteiger partial charge >= 0.3 is 0 Å². The molecule has 1 fully saturated rings. The lowest BCUT2D eigenvalue weighted by Gasteiger charge is -2.52. The first-order chi connectivity index (χ1) is 27.0. The molecule has 1 aliphatic heterocycles. The highest BCUT2D eigenvalue weighted by atomic mass is 16.5. The number of methoxy groups -OCH3 is 2. The molecule has 4 aliphatic rings. The van der Waals surface area contributed by atoms with Crippen LogP contribution in [0.1, 0.15) is 93.2 Å². The fourth-order valence-corrected chi connectivity index (χ4v) is 11.2. The van der Waals surface area contributed by atoms with Crippen molar-refractivity contribution in [1.82, 2.24) is 0 Å². The van der Waals surface area contributed by atoms with E-state index >= 15 is 0 Å². The SMILES string of the molecule is COc1ccc(C2(c3ccc(OCCO)cc3)C=Cc3c4c(c5cc(C6=CCCC=C6)c(OC)cc5c3O2)-c2ccccc2C42CC(C)(C)CC(C)(C)C2)cc1. The molecule has 5 heteroatoms. The Labute approximate surface area is 331 Å². The summed E-state index contributed by atoms with van der Waals surface area (Å²) in [6.45, 7) is 10.0. The van der Waals surface area contributed by atoms with E-state index in [4.69, 9.17) is 18.9 Å². The minimum absolute atomic E-state index is 0.0456. The molecule has 56 heavy (non-hydrogen) atoms. The van der Waals surface area contributed by atoms with E-state index < -0.39 is 5.60 Å². The lowest BCUT2D eigenvalue weighted by Crippen LogP contribution is -2.44. The fraction of sp³-hybridized carbons (Fsp3) is 0.333. The second-order valence-electron chi connectivity index (χ2n) is 17.7. The summed E-state index contributed by atoms with van der Waals surface area (Å²) in [5, 5.41) is 11.6. The van der Waals surface area contributed by atoms with Crippen LogP contribution in [-0.4, -0.2) is 32.5 Å². The Morgan fingerprint density at radius 3 is 2.05 bits per heavy atom. The first-order valence-corrected chi connectivity index (χ1v) is 20.1. The zero-order chi connectivity index (χ0) is 38.9. The largest absolute Gasteiger partial charge is 0.497 e. The number of rotatable bonds is 8. The number of aliphatic hydroxyl groups excluding tert-OH is 1. The highest BCUT2D eigenvalue weighted by molar-refractivity contribution is 6.10. The van der Waals surface area contributed by atoms with Gasteiger partial charge in [-0.25, -0.2) is 0 Å². The van der Waals surface area contributed by atoms with Gasteiger partial charge in [0.15, 0.2) is 5.60 Å². The Kier molecular flexibility index (Phi) is 8.74. The van der Waals surface area contributed by atoms with Crippen LogP contribution >= 0.6 is 0 Å². The smallest absolute Gasteiger partial charge is 0.178 e. The lowest BCUT2D eigenvalue weighted by atomic mass is 9.52. The molecule has 9 rings (SSSR count). The molecule has 5 nitrogen and oxygen atoms in total. The summed E-state index contributed by atoms with van der Waals surface area (Å²) in [4.78, 5) is 0. The van der Waals surface area contributed by atoms with Gasteiger partial charge in [-0.3, -0.25) is 0 Å². The summed E-state index contributed by atoms with van der Waals surface area (Å²) < 4.78 is 25.4. The molecule has 0 radical (unpaired) electrons. The molecular formula is C51H52O5. The maximum absolute atomic E-state index is 9.42. The normalized spacial score (nSPS) is 20.8. The molecule has 0 amide bonds. The van der Waals surface area contributed by atoms with Crippen LogP contribution in [0.25, 0.3) is 33.5 Å². The molecule has 1 unspecified atom stereocenters. The Hall–Kier alpha value is -5.26. The second kappa shape index (κ2) is 13.4. The van der Waals surface area contributed by atoms with Crippen molar-refractivity contribution in [2.75, 3.05) is 27.4 Å². The van der Waals surface area contributed by atoms with Crippen LogP contribution in [0.15, 0.2) is 109 Å². The third-order valence-electron chi connectivity index (χ3n) is 12.5. The number of hydrogen-bond acceptors (Lipinski definition) is 5. The third kappa shape index (κ3) is 5.77. The average molecular weight is 745 g/mol. The summed E-state index contributed by atoms with van der Waals surface area (Å²) in [6.07, 6.45) is 16.8. The molecule has 1 heterocycles. The van der Waals surface area contributed by atoms with E-state index in [2.05, 4.69) is 119 Å². The Morgan fingerprint density at radius 2 is 1.41 bits per heavy atom. The number of ether oxygens (including phenoxy) is 4. The van der Waals surface area contributed by atoms with Crippen LogP contribution in [0.2, 0.25) is 0 Å². The zero-order valence-electron chi connectivity index (χ0n) is 33.5. The number of aliphatic hydroxyl groups is 1. The van der Waals surface area contributed by atoms with Gasteiger partial charge in [-0.2, -0.15) is 0 Å². The first-order valence-electron chi connectivity index (χ1n) is 20.1. The van der Waals surface area contributed by atoms with Gasteiger partial charge in [0.25, 0.3) is 0 Å². The number of fused-ring (bicyclic) bond motifs is 10. The molecule has 0 aromatic heterocycles. The van der Waals surface area contributed by atoms with Crippen molar-refractivity contribution < 1.29 is 24.1 Å². The molecule has 0 saturated heterocycles. The first kappa shape index (κ1) is 36.4. The molecule has 1 saturated carbocycles. The van der Waals surface area contributed by atoms with Crippen molar-refractivity contribution in [3.8, 4) is 34.1 Å². The van der Waals surface area contributed by atoms with Crippen LogP contribution in [-0.2, 0) is 11.0 Å². The highest BCUT2D eigenvalue weighted by Gasteiger charge is 2.55. The minimum atomic E-state index is -0.972. The predicted molar refractivity (Wildman–Crippen MR) is 227 cm³/mol. The summed E-state index contributed by atoms with van der Waals surface area (Å²) in [7, 11) is 3.47. The Bertz CT molecular complexity index is 2410. The van der Waals surface area contributed by atoms with Crippen LogP contribution in [0.3, 0.4) is 0 Å². The maximum Gasteiger partial charge on any atom is 0.178 e. The third-order valence-corrected chi connectivity index (χ3v) is 12.5. The van der Waals surface area contributed by atoms with Crippen molar-refractivity contribution >= 4 is 22.4 Å². The van der Waals surface area contributed by atoms with Crippen molar-refractivity contribution in [2.24, 2.45) is 10.8 Å². The van der Waals surface area contributed by atoms with Gasteiger partial charge in [0.05, 0.1) is 20.8 Å². The van der Waals surface area contributed by atoms with Crippen LogP contribution in [0, 0.1) is 10.8 Å². The molecule has 1 spiro atoms. The lowest BCUT2D eigenvalue weighted by molar-refractivity contribution is 0.0642. The number of allylic oxidation sites excluding steroid dienone is 4. The van der Waals surface area contributed by atoms with Crippen LogP contribution in [0.4, 0.5) is 0 Å². The molecule has 0 bridgehead atoms. The van der Waals surface area contributed by atoms with Gasteiger partial charge in [-0.1, -0.05) is 101 Å². The van der Waals surface area contributed by atoms with E-state index in [0.717, 1.165) is 70.6 Å². The average Bonchev–Trinajstić information content (AvgIpc) is 3.47. The van der Waals surface area contributed by atoms with E-state index in [1.807, 2.05) is 24.3 Å². The monoisotopic (exact) mass is 744 g/mol. The minimum Gasteiger partial charge on any atom is -0.497 e. The molecule has 286 valence electrons. The number of benzene rings is 5. The number of hydrogen-bond donors (Lipinski definition) is 1. The molecule has 5 aromatic carbocycles. The van der Waals surface area contributed by atoms with Gasteiger partial charge in [-0.15, -0.1) is 0 Å². The maximum atomic E-state index is 9.42. The summed E-state index contributed by atoms with van der Waals surface area (Å²) >= 11 is 0. The van der Waals surface area contributed by atoms with E-state index in [1.54, 1.807) is 14.2 Å². The predicted octanol–water partition coefficient (Wildman–Crippen LogP) is 11.8. The quantitative estimate of drug-likeness (QED) is 0.171. The molecule has 1 atom stereocenters. The second-order valence-corrected chi connectivity index (χ2v) is 17.7. The van der Waals surface area contributed by atoms with Crippen LogP contribution in [0.5, 0.6) is 23.0 Å². The van der Waals surface area contributed by atoms with Crippen molar-refractivity contribution in [2.45, 2.75) is 70.8 Å². The summed E-state index contributed by atoms with van der Waals surface area (Å²) in [5.74, 6) is 3.17. The Balaban J connectivity index is 1.37. The molecule has 3 aliphatic carbocycles. The van der Waals surface area contributed by atoms with Crippen molar-refractivity contribution in [3.05, 3.63) is 143 Å². The van der Waals surface area contributed by atoms with Gasteiger partial charge < -0.3 is 24.1 Å².